The summed E-state index contributed by atoms with van der Waals surface area (Å²) in [6.45, 7) is 3.66. The van der Waals surface area contributed by atoms with Crippen molar-refractivity contribution in [1.82, 2.24) is 15.0 Å². The molecular formula is C20H27N3O4S2. The number of sulfonamides is 1. The molecule has 0 spiro atoms. The van der Waals surface area contributed by atoms with Crippen molar-refractivity contribution in [3.63, 3.8) is 0 Å². The van der Waals surface area contributed by atoms with Gasteiger partial charge < -0.3 is 10.1 Å². The highest BCUT2D eigenvalue weighted by molar-refractivity contribution is 7.89. The molecule has 1 fully saturated rings. The zero-order valence-electron chi connectivity index (χ0n) is 16.8. The van der Waals surface area contributed by atoms with E-state index in [-0.39, 0.29) is 23.1 Å². The first kappa shape index (κ1) is 21.7. The van der Waals surface area contributed by atoms with E-state index < -0.39 is 10.0 Å². The topological polar surface area (TPSA) is 97.4 Å². The van der Waals surface area contributed by atoms with Crippen molar-refractivity contribution in [1.29, 1.82) is 0 Å². The maximum atomic E-state index is 12.3. The predicted octanol–water partition coefficient (Wildman–Crippen LogP) is 3.88. The Morgan fingerprint density at radius 1 is 1.21 bits per heavy atom. The average molecular weight is 438 g/mol. The Labute approximate surface area is 175 Å². The molecular weight excluding hydrogens is 410 g/mol. The van der Waals surface area contributed by atoms with Crippen molar-refractivity contribution in [2.24, 2.45) is 0 Å². The molecule has 0 radical (unpaired) electrons. The minimum absolute atomic E-state index is 0.124. The summed E-state index contributed by atoms with van der Waals surface area (Å²) in [6, 6.07) is 7.08. The van der Waals surface area contributed by atoms with Crippen molar-refractivity contribution in [3.05, 3.63) is 35.5 Å². The van der Waals surface area contributed by atoms with E-state index in [9.17, 15) is 13.2 Å². The van der Waals surface area contributed by atoms with Crippen LogP contribution in [0.2, 0.25) is 0 Å². The zero-order chi connectivity index (χ0) is 21.0. The zero-order valence-corrected chi connectivity index (χ0v) is 18.5. The molecule has 9 heteroatoms. The van der Waals surface area contributed by atoms with Crippen LogP contribution < -0.4 is 10.0 Å². The number of benzene rings is 1. The molecule has 2 N–H and O–H groups in total. The first-order valence-corrected chi connectivity index (χ1v) is 12.1. The lowest BCUT2D eigenvalue weighted by molar-refractivity contribution is 0.109. The van der Waals surface area contributed by atoms with Gasteiger partial charge in [0.05, 0.1) is 20.9 Å². The lowest BCUT2D eigenvalue weighted by Gasteiger charge is -2.28. The van der Waals surface area contributed by atoms with Crippen LogP contribution in [-0.2, 0) is 14.8 Å². The number of carbonyl (C=O) groups excluding carboxylic acids is 1. The van der Waals surface area contributed by atoms with Crippen LogP contribution >= 0.6 is 11.3 Å². The van der Waals surface area contributed by atoms with E-state index in [4.69, 9.17) is 4.74 Å². The molecule has 0 bridgehead atoms. The minimum atomic E-state index is -3.54. The van der Waals surface area contributed by atoms with Crippen LogP contribution in [0.3, 0.4) is 0 Å². The van der Waals surface area contributed by atoms with Crippen LogP contribution in [0.5, 0.6) is 0 Å². The number of hydrogen-bond acceptors (Lipinski definition) is 6. The first-order valence-electron chi connectivity index (χ1n) is 9.76. The van der Waals surface area contributed by atoms with Crippen molar-refractivity contribution >= 4 is 27.5 Å². The van der Waals surface area contributed by atoms with Crippen molar-refractivity contribution in [2.45, 2.75) is 62.5 Å². The summed E-state index contributed by atoms with van der Waals surface area (Å²) in [5, 5.41) is 3.95. The molecule has 1 heterocycles. The molecule has 0 unspecified atom stereocenters. The molecule has 1 aliphatic carbocycles. The third-order valence-corrected chi connectivity index (χ3v) is 7.64. The summed E-state index contributed by atoms with van der Waals surface area (Å²) in [6.07, 6.45) is 4.87. The molecule has 0 aliphatic heterocycles. The first-order chi connectivity index (χ1) is 13.8. The van der Waals surface area contributed by atoms with Crippen molar-refractivity contribution in [3.8, 4) is 10.4 Å². The van der Waals surface area contributed by atoms with Crippen molar-refractivity contribution < 1.29 is 17.9 Å². The number of rotatable bonds is 6. The van der Waals surface area contributed by atoms with E-state index in [1.807, 2.05) is 26.0 Å². The molecule has 29 heavy (non-hydrogen) atoms. The highest BCUT2D eigenvalue weighted by atomic mass is 32.2. The van der Waals surface area contributed by atoms with Crippen LogP contribution in [-0.4, -0.2) is 38.7 Å². The Morgan fingerprint density at radius 2 is 1.90 bits per heavy atom. The monoisotopic (exact) mass is 437 g/mol. The smallest absolute Gasteiger partial charge is 0.407 e. The maximum Gasteiger partial charge on any atom is 0.407 e. The fourth-order valence-corrected chi connectivity index (χ4v) is 5.65. The number of nitrogens with one attached hydrogen (secondary N) is 2. The van der Waals surface area contributed by atoms with Crippen LogP contribution in [0.4, 0.5) is 4.79 Å². The van der Waals surface area contributed by atoms with E-state index in [2.05, 4.69) is 15.0 Å². The van der Waals surface area contributed by atoms with Crippen LogP contribution in [0.15, 0.2) is 35.4 Å². The average Bonchev–Trinajstić information content (AvgIpc) is 3.18. The van der Waals surface area contributed by atoms with Gasteiger partial charge in [0.2, 0.25) is 10.0 Å². The Balaban J connectivity index is 1.68. The SMILES string of the molecule is CNS(=O)(=O)c1ccccc1-c1cnc(C2CCC(NC(=O)OC(C)C)CC2)s1. The van der Waals surface area contributed by atoms with Gasteiger partial charge in [-0.3, -0.25) is 0 Å². The molecule has 3 rings (SSSR count). The van der Waals surface area contributed by atoms with E-state index in [1.165, 1.54) is 7.05 Å². The molecule has 1 amide bonds. The van der Waals surface area contributed by atoms with Gasteiger partial charge in [0.15, 0.2) is 0 Å². The number of carbonyl (C=O) groups is 1. The molecule has 0 atom stereocenters. The molecule has 0 saturated heterocycles. The van der Waals surface area contributed by atoms with Gasteiger partial charge in [-0.1, -0.05) is 18.2 Å². The molecule has 1 saturated carbocycles. The lowest BCUT2D eigenvalue weighted by atomic mass is 9.86. The third-order valence-electron chi connectivity index (χ3n) is 4.98. The van der Waals surface area contributed by atoms with E-state index in [0.717, 1.165) is 35.6 Å². The van der Waals surface area contributed by atoms with E-state index in [0.29, 0.717) is 11.5 Å². The van der Waals surface area contributed by atoms with Gasteiger partial charge in [-0.25, -0.2) is 22.9 Å². The summed E-state index contributed by atoms with van der Waals surface area (Å²) in [7, 11) is -2.13. The van der Waals surface area contributed by atoms with Gasteiger partial charge in [0.25, 0.3) is 0 Å². The quantitative estimate of drug-likeness (QED) is 0.715. The lowest BCUT2D eigenvalue weighted by Crippen LogP contribution is -2.38. The van der Waals surface area contributed by atoms with Gasteiger partial charge in [-0.2, -0.15) is 0 Å². The summed E-state index contributed by atoms with van der Waals surface area (Å²) in [4.78, 5) is 17.5. The van der Waals surface area contributed by atoms with E-state index >= 15 is 0 Å². The van der Waals surface area contributed by atoms with Crippen LogP contribution in [0.25, 0.3) is 10.4 Å². The fraction of sp³-hybridized carbons (Fsp3) is 0.500. The number of ether oxygens (including phenoxy) is 1. The normalized spacial score (nSPS) is 19.9. The molecule has 158 valence electrons. The van der Waals surface area contributed by atoms with Gasteiger partial charge in [-0.15, -0.1) is 11.3 Å². The Kier molecular flexibility index (Phi) is 6.92. The highest BCUT2D eigenvalue weighted by Gasteiger charge is 2.27. The van der Waals surface area contributed by atoms with Gasteiger partial charge in [0.1, 0.15) is 0 Å². The largest absolute Gasteiger partial charge is 0.447 e. The molecule has 7 nitrogen and oxygen atoms in total. The minimum Gasteiger partial charge on any atom is -0.447 e. The van der Waals surface area contributed by atoms with Crippen molar-refractivity contribution in [2.75, 3.05) is 7.05 Å². The van der Waals surface area contributed by atoms with Gasteiger partial charge in [0, 0.05) is 23.7 Å². The van der Waals surface area contributed by atoms with Gasteiger partial charge >= 0.3 is 6.09 Å². The van der Waals surface area contributed by atoms with E-state index in [1.54, 1.807) is 29.7 Å². The number of nitrogens with zero attached hydrogens (tertiary/aromatic N) is 1. The number of hydrogen-bond donors (Lipinski definition) is 2. The number of thiazole rings is 1. The van der Waals surface area contributed by atoms with Crippen LogP contribution in [0.1, 0.15) is 50.5 Å². The van der Waals surface area contributed by atoms with Gasteiger partial charge in [-0.05, 0) is 52.6 Å². The summed E-state index contributed by atoms with van der Waals surface area (Å²) < 4.78 is 32.2. The number of alkyl carbamates (subject to hydrolysis) is 1. The second-order valence-corrected chi connectivity index (χ2v) is 10.3. The Hall–Kier alpha value is -1.97. The van der Waals surface area contributed by atoms with Crippen LogP contribution in [0, 0.1) is 0 Å². The standard InChI is InChI=1S/C20H27N3O4S2/c1-13(2)27-20(24)23-15-10-8-14(9-11-15)19-22-12-17(28-19)16-6-4-5-7-18(16)29(25,26)21-3/h4-7,12-15,21H,8-11H2,1-3H3,(H,23,24). The number of amides is 1. The number of aromatic nitrogens is 1. The molecule has 1 aliphatic rings. The Morgan fingerprint density at radius 3 is 2.55 bits per heavy atom. The Bertz CT molecular complexity index is 948. The second kappa shape index (κ2) is 9.23. The summed E-state index contributed by atoms with van der Waals surface area (Å²) in [5.74, 6) is 0.320. The summed E-state index contributed by atoms with van der Waals surface area (Å²) >= 11 is 1.54. The predicted molar refractivity (Wildman–Crippen MR) is 114 cm³/mol. The highest BCUT2D eigenvalue weighted by Crippen LogP contribution is 2.39. The molecule has 1 aromatic heterocycles. The maximum absolute atomic E-state index is 12.3. The summed E-state index contributed by atoms with van der Waals surface area (Å²) in [5.41, 5.74) is 0.664. The fourth-order valence-electron chi connectivity index (χ4n) is 3.51. The third kappa shape index (κ3) is 5.34. The molecule has 1 aromatic carbocycles. The molecule has 2 aromatic rings. The second-order valence-electron chi connectivity index (χ2n) is 7.41.